The molecule has 2 aliphatic rings. The third kappa shape index (κ3) is 2.21. The summed E-state index contributed by atoms with van der Waals surface area (Å²) in [5, 5.41) is 16.6. The average Bonchev–Trinajstić information content (AvgIpc) is 3.20. The van der Waals surface area contributed by atoms with Gasteiger partial charge < -0.3 is 10.6 Å². The minimum absolute atomic E-state index is 0.0110. The zero-order chi connectivity index (χ0) is 14.4. The normalized spacial score (nSPS) is 26.9. The Morgan fingerprint density at radius 1 is 1.38 bits per heavy atom. The van der Waals surface area contributed by atoms with Gasteiger partial charge in [-0.1, -0.05) is 6.07 Å². The number of hydrogen-bond acceptors (Lipinski definition) is 4. The molecular weight excluding hydrogens is 282 g/mol. The summed E-state index contributed by atoms with van der Waals surface area (Å²) < 4.78 is 0.991. The van der Waals surface area contributed by atoms with Gasteiger partial charge in [-0.3, -0.25) is 4.79 Å². The maximum absolute atomic E-state index is 12.4. The van der Waals surface area contributed by atoms with Gasteiger partial charge in [0.2, 0.25) is 0 Å². The van der Waals surface area contributed by atoms with Crippen molar-refractivity contribution < 1.29 is 4.79 Å². The molecule has 1 amide bonds. The van der Waals surface area contributed by atoms with Crippen molar-refractivity contribution in [2.75, 3.05) is 0 Å². The lowest BCUT2D eigenvalue weighted by Gasteiger charge is -2.21. The Balaban J connectivity index is 1.55. The molecule has 2 aromatic rings. The van der Waals surface area contributed by atoms with Gasteiger partial charge in [0.25, 0.3) is 5.91 Å². The molecule has 3 atom stereocenters. The van der Waals surface area contributed by atoms with Crippen molar-refractivity contribution in [1.29, 1.82) is 5.26 Å². The summed E-state index contributed by atoms with van der Waals surface area (Å²) in [4.78, 5) is 13.1. The SMILES string of the molecule is N#Cc1cc2ccc(C(=O)N[C@@H]3C[C@H]4CC[C@@H]3N4)cc2s1. The Morgan fingerprint density at radius 3 is 3.00 bits per heavy atom. The molecule has 0 aliphatic carbocycles. The van der Waals surface area contributed by atoms with Crippen LogP contribution in [0.15, 0.2) is 24.3 Å². The molecule has 2 fully saturated rings. The summed E-state index contributed by atoms with van der Waals surface area (Å²) >= 11 is 1.43. The van der Waals surface area contributed by atoms with Crippen LogP contribution in [0, 0.1) is 11.3 Å². The molecule has 5 heteroatoms. The lowest BCUT2D eigenvalue weighted by molar-refractivity contribution is 0.0931. The standard InChI is InChI=1S/C16H15N3OS/c17-8-12-5-9-1-2-10(6-15(9)21-12)16(20)19-14-7-11-3-4-13(14)18-11/h1-2,5-6,11,13-14,18H,3-4,7H2,(H,19,20)/t11-,13+,14-/m1/s1. The molecule has 4 nitrogen and oxygen atoms in total. The maximum Gasteiger partial charge on any atom is 0.251 e. The number of amides is 1. The van der Waals surface area contributed by atoms with E-state index in [1.165, 1.54) is 17.8 Å². The van der Waals surface area contributed by atoms with E-state index in [2.05, 4.69) is 16.7 Å². The number of nitriles is 1. The number of nitrogens with zero attached hydrogens (tertiary/aromatic N) is 1. The van der Waals surface area contributed by atoms with E-state index in [-0.39, 0.29) is 11.9 Å². The molecule has 2 N–H and O–H groups in total. The number of hydrogen-bond donors (Lipinski definition) is 2. The van der Waals surface area contributed by atoms with Crippen molar-refractivity contribution in [2.24, 2.45) is 0 Å². The molecule has 0 spiro atoms. The number of thiophene rings is 1. The smallest absolute Gasteiger partial charge is 0.251 e. The third-order valence-corrected chi connectivity index (χ3v) is 5.51. The fourth-order valence-electron chi connectivity index (χ4n) is 3.46. The molecule has 2 saturated heterocycles. The highest BCUT2D eigenvalue weighted by atomic mass is 32.1. The molecule has 21 heavy (non-hydrogen) atoms. The van der Waals surface area contributed by atoms with Crippen molar-refractivity contribution in [3.05, 3.63) is 34.7 Å². The van der Waals surface area contributed by atoms with Crippen molar-refractivity contribution in [2.45, 2.75) is 37.4 Å². The van der Waals surface area contributed by atoms with Gasteiger partial charge in [-0.05, 0) is 42.8 Å². The molecule has 0 radical (unpaired) electrons. The zero-order valence-corrected chi connectivity index (χ0v) is 12.2. The minimum Gasteiger partial charge on any atom is -0.348 e. The fraction of sp³-hybridized carbons (Fsp3) is 0.375. The lowest BCUT2D eigenvalue weighted by atomic mass is 9.95. The minimum atomic E-state index is -0.0110. The van der Waals surface area contributed by atoms with Gasteiger partial charge in [0.15, 0.2) is 0 Å². The highest BCUT2D eigenvalue weighted by molar-refractivity contribution is 7.19. The van der Waals surface area contributed by atoms with Crippen LogP contribution in [0.25, 0.3) is 10.1 Å². The van der Waals surface area contributed by atoms with E-state index in [4.69, 9.17) is 5.26 Å². The summed E-state index contributed by atoms with van der Waals surface area (Å²) in [6.45, 7) is 0. The van der Waals surface area contributed by atoms with Crippen molar-refractivity contribution in [3.63, 3.8) is 0 Å². The first-order valence-corrected chi connectivity index (χ1v) is 8.05. The summed E-state index contributed by atoms with van der Waals surface area (Å²) in [5.74, 6) is -0.0110. The number of fused-ring (bicyclic) bond motifs is 3. The quantitative estimate of drug-likeness (QED) is 0.894. The van der Waals surface area contributed by atoms with E-state index in [1.54, 1.807) is 0 Å². The van der Waals surface area contributed by atoms with Gasteiger partial charge in [-0.15, -0.1) is 11.3 Å². The molecule has 0 saturated carbocycles. The Bertz CT molecular complexity index is 760. The summed E-state index contributed by atoms with van der Waals surface area (Å²) in [7, 11) is 0. The molecule has 3 heterocycles. The Kier molecular flexibility index (Phi) is 2.95. The van der Waals surface area contributed by atoms with E-state index in [0.717, 1.165) is 22.9 Å². The van der Waals surface area contributed by atoms with Crippen molar-refractivity contribution in [3.8, 4) is 6.07 Å². The average molecular weight is 297 g/mol. The van der Waals surface area contributed by atoms with E-state index < -0.39 is 0 Å². The predicted octanol–water partition coefficient (Wildman–Crippen LogP) is 2.40. The molecule has 4 rings (SSSR count). The highest BCUT2D eigenvalue weighted by Gasteiger charge is 2.39. The van der Waals surface area contributed by atoms with Crippen molar-refractivity contribution in [1.82, 2.24) is 10.6 Å². The first-order valence-electron chi connectivity index (χ1n) is 7.23. The summed E-state index contributed by atoms with van der Waals surface area (Å²) in [6.07, 6.45) is 3.43. The van der Waals surface area contributed by atoms with Gasteiger partial charge in [-0.25, -0.2) is 0 Å². The molecular formula is C16H15N3OS. The molecule has 1 aromatic heterocycles. The van der Waals surface area contributed by atoms with Gasteiger partial charge in [0.05, 0.1) is 0 Å². The Hall–Kier alpha value is -1.90. The molecule has 1 aromatic carbocycles. The number of carbonyl (C=O) groups excluding carboxylic acids is 1. The fourth-order valence-corrected chi connectivity index (χ4v) is 4.36. The zero-order valence-electron chi connectivity index (χ0n) is 11.4. The van der Waals surface area contributed by atoms with Crippen LogP contribution in [-0.2, 0) is 0 Å². The molecule has 2 aliphatic heterocycles. The third-order valence-electron chi connectivity index (χ3n) is 4.51. The van der Waals surface area contributed by atoms with Gasteiger partial charge in [0, 0.05) is 28.4 Å². The number of benzene rings is 1. The van der Waals surface area contributed by atoms with E-state index in [9.17, 15) is 4.79 Å². The number of nitrogens with one attached hydrogen (secondary N) is 2. The number of rotatable bonds is 2. The van der Waals surface area contributed by atoms with Crippen LogP contribution in [0.5, 0.6) is 0 Å². The van der Waals surface area contributed by atoms with E-state index in [1.807, 2.05) is 24.3 Å². The molecule has 106 valence electrons. The second-order valence-electron chi connectivity index (χ2n) is 5.84. The molecule has 2 bridgehead atoms. The van der Waals surface area contributed by atoms with Gasteiger partial charge >= 0.3 is 0 Å². The van der Waals surface area contributed by atoms with E-state index >= 15 is 0 Å². The molecule has 0 unspecified atom stereocenters. The first-order chi connectivity index (χ1) is 10.2. The number of carbonyl (C=O) groups is 1. The summed E-state index contributed by atoms with van der Waals surface area (Å²) in [5.41, 5.74) is 0.677. The summed E-state index contributed by atoms with van der Waals surface area (Å²) in [6, 6.07) is 10.9. The van der Waals surface area contributed by atoms with Crippen LogP contribution in [0.3, 0.4) is 0 Å². The van der Waals surface area contributed by atoms with Crippen LogP contribution in [-0.4, -0.2) is 24.0 Å². The van der Waals surface area contributed by atoms with E-state index in [0.29, 0.717) is 22.5 Å². The monoisotopic (exact) mass is 297 g/mol. The van der Waals surface area contributed by atoms with Crippen LogP contribution < -0.4 is 10.6 Å². The predicted molar refractivity (Wildman–Crippen MR) is 82.4 cm³/mol. The van der Waals surface area contributed by atoms with Crippen LogP contribution in [0.2, 0.25) is 0 Å². The Morgan fingerprint density at radius 2 is 2.29 bits per heavy atom. The first kappa shape index (κ1) is 12.8. The largest absolute Gasteiger partial charge is 0.348 e. The van der Waals surface area contributed by atoms with Crippen LogP contribution in [0.4, 0.5) is 0 Å². The second-order valence-corrected chi connectivity index (χ2v) is 6.92. The highest BCUT2D eigenvalue weighted by Crippen LogP contribution is 2.29. The maximum atomic E-state index is 12.4. The lowest BCUT2D eigenvalue weighted by Crippen LogP contribution is -2.42. The van der Waals surface area contributed by atoms with Crippen LogP contribution in [0.1, 0.15) is 34.5 Å². The van der Waals surface area contributed by atoms with Gasteiger partial charge in [0.1, 0.15) is 10.9 Å². The van der Waals surface area contributed by atoms with Gasteiger partial charge in [-0.2, -0.15) is 5.26 Å². The topological polar surface area (TPSA) is 64.9 Å². The van der Waals surface area contributed by atoms with Crippen molar-refractivity contribution >= 4 is 27.3 Å². The van der Waals surface area contributed by atoms with Crippen LogP contribution >= 0.6 is 11.3 Å². The second kappa shape index (κ2) is 4.83. The Labute approximate surface area is 126 Å².